The number of carbonyl (C=O) groups excluding carboxylic acids is 1. The number of hydrogen-bond acceptors (Lipinski definition) is 3. The lowest BCUT2D eigenvalue weighted by molar-refractivity contribution is -0.116. The van der Waals surface area contributed by atoms with E-state index in [1.165, 1.54) is 24.9 Å². The van der Waals surface area contributed by atoms with Crippen LogP contribution in [0.3, 0.4) is 0 Å². The highest BCUT2D eigenvalue weighted by molar-refractivity contribution is 5.94. The largest absolute Gasteiger partial charge is 0.356 e. The zero-order chi connectivity index (χ0) is 18.4. The van der Waals surface area contributed by atoms with Gasteiger partial charge in [-0.3, -0.25) is 9.79 Å². The number of amides is 1. The average Bonchev–Trinajstić information content (AvgIpc) is 2.68. The highest BCUT2D eigenvalue weighted by Gasteiger charge is 2.25. The van der Waals surface area contributed by atoms with Gasteiger partial charge in [0.15, 0.2) is 5.96 Å². The molecule has 0 saturated carbocycles. The van der Waals surface area contributed by atoms with E-state index < -0.39 is 0 Å². The fourth-order valence-electron chi connectivity index (χ4n) is 3.97. The summed E-state index contributed by atoms with van der Waals surface area (Å²) in [5, 5.41) is 9.83. The molecule has 0 spiro atoms. The Morgan fingerprint density at radius 1 is 1.31 bits per heavy atom. The van der Waals surface area contributed by atoms with Gasteiger partial charge in [0.05, 0.1) is 0 Å². The molecule has 2 aliphatic rings. The number of benzene rings is 1. The summed E-state index contributed by atoms with van der Waals surface area (Å²) >= 11 is 0. The molecule has 1 amide bonds. The molecule has 2 unspecified atom stereocenters. The van der Waals surface area contributed by atoms with Crippen molar-refractivity contribution in [1.82, 2.24) is 15.5 Å². The molecular formula is C20H31N5O. The zero-order valence-corrected chi connectivity index (χ0v) is 15.9. The number of nitrogens with zero attached hydrogens (tertiary/aromatic N) is 2. The molecule has 3 rings (SSSR count). The van der Waals surface area contributed by atoms with Gasteiger partial charge in [0.1, 0.15) is 0 Å². The predicted molar refractivity (Wildman–Crippen MR) is 107 cm³/mol. The third kappa shape index (κ3) is 4.75. The van der Waals surface area contributed by atoms with Gasteiger partial charge in [-0.1, -0.05) is 25.1 Å². The smallest absolute Gasteiger partial charge is 0.225 e. The van der Waals surface area contributed by atoms with Crippen molar-refractivity contribution in [3.8, 4) is 0 Å². The van der Waals surface area contributed by atoms with E-state index in [4.69, 9.17) is 0 Å². The molecule has 2 heterocycles. The van der Waals surface area contributed by atoms with E-state index in [9.17, 15) is 4.79 Å². The molecule has 0 radical (unpaired) electrons. The molecule has 1 saturated heterocycles. The van der Waals surface area contributed by atoms with Crippen molar-refractivity contribution in [2.45, 2.75) is 32.1 Å². The van der Waals surface area contributed by atoms with Crippen LogP contribution in [0.1, 0.15) is 37.7 Å². The molecule has 26 heavy (non-hydrogen) atoms. The van der Waals surface area contributed by atoms with Crippen LogP contribution in [-0.4, -0.2) is 56.5 Å². The van der Waals surface area contributed by atoms with Crippen LogP contribution in [0.25, 0.3) is 0 Å². The molecule has 6 nitrogen and oxygen atoms in total. The third-order valence-electron chi connectivity index (χ3n) is 5.45. The lowest BCUT2D eigenvalue weighted by atomic mass is 9.90. The van der Waals surface area contributed by atoms with E-state index in [1.807, 2.05) is 18.2 Å². The zero-order valence-electron chi connectivity index (χ0n) is 15.9. The lowest BCUT2D eigenvalue weighted by Crippen LogP contribution is -2.45. The standard InChI is InChI=1S/C20H31N5O/c1-3-25-10-6-7-15(14-25)12-22-20(21-2)23-13-16-11-19(26)24-18-9-5-4-8-17(16)18/h4-5,8-9,15-16H,3,6-7,10-14H2,1-2H3,(H,24,26)(H2,21,22,23). The number of fused-ring (bicyclic) bond motifs is 1. The quantitative estimate of drug-likeness (QED) is 0.557. The van der Waals surface area contributed by atoms with Crippen LogP contribution in [0.5, 0.6) is 0 Å². The van der Waals surface area contributed by atoms with Crippen LogP contribution < -0.4 is 16.0 Å². The SMILES string of the molecule is CCN1CCCC(CNC(=NC)NCC2CC(=O)Nc3ccccc32)C1. The number of nitrogens with one attached hydrogen (secondary N) is 3. The number of hydrogen-bond donors (Lipinski definition) is 3. The number of guanidine groups is 1. The van der Waals surface area contributed by atoms with Crippen molar-refractivity contribution in [2.24, 2.45) is 10.9 Å². The van der Waals surface area contributed by atoms with Gasteiger partial charge in [0.25, 0.3) is 0 Å². The number of likely N-dealkylation sites (tertiary alicyclic amines) is 1. The minimum absolute atomic E-state index is 0.0836. The average molecular weight is 358 g/mol. The number of aliphatic imine (C=N–C) groups is 1. The Labute approximate surface area is 156 Å². The molecule has 1 aromatic rings. The molecule has 2 atom stereocenters. The Bertz CT molecular complexity index is 645. The topological polar surface area (TPSA) is 68.8 Å². The molecule has 2 aliphatic heterocycles. The molecular weight excluding hydrogens is 326 g/mol. The minimum atomic E-state index is 0.0836. The van der Waals surface area contributed by atoms with Gasteiger partial charge in [-0.25, -0.2) is 0 Å². The molecule has 142 valence electrons. The van der Waals surface area contributed by atoms with Gasteiger partial charge < -0.3 is 20.9 Å². The summed E-state index contributed by atoms with van der Waals surface area (Å²) in [6, 6.07) is 8.05. The molecule has 1 fully saturated rings. The highest BCUT2D eigenvalue weighted by atomic mass is 16.1. The fraction of sp³-hybridized carbons (Fsp3) is 0.600. The Kier molecular flexibility index (Phi) is 6.50. The van der Waals surface area contributed by atoms with E-state index in [-0.39, 0.29) is 11.8 Å². The summed E-state index contributed by atoms with van der Waals surface area (Å²) in [5.41, 5.74) is 2.13. The van der Waals surface area contributed by atoms with E-state index in [0.717, 1.165) is 31.3 Å². The summed E-state index contributed by atoms with van der Waals surface area (Å²) < 4.78 is 0. The number of carbonyl (C=O) groups is 1. The first-order valence-electron chi connectivity index (χ1n) is 9.75. The third-order valence-corrected chi connectivity index (χ3v) is 5.45. The first kappa shape index (κ1) is 18.7. The van der Waals surface area contributed by atoms with Crippen molar-refractivity contribution >= 4 is 17.6 Å². The normalized spacial score (nSPS) is 23.9. The number of piperidine rings is 1. The molecule has 3 N–H and O–H groups in total. The second-order valence-electron chi connectivity index (χ2n) is 7.27. The highest BCUT2D eigenvalue weighted by Crippen LogP contribution is 2.31. The summed E-state index contributed by atoms with van der Waals surface area (Å²) in [6.07, 6.45) is 3.06. The summed E-state index contributed by atoms with van der Waals surface area (Å²) in [6.45, 7) is 7.40. The molecule has 0 aromatic heterocycles. The van der Waals surface area contributed by atoms with Gasteiger partial charge in [-0.15, -0.1) is 0 Å². The Balaban J connectivity index is 1.51. The summed E-state index contributed by atoms with van der Waals surface area (Å²) in [7, 11) is 1.80. The van der Waals surface area contributed by atoms with Crippen LogP contribution in [0, 0.1) is 5.92 Å². The Morgan fingerprint density at radius 2 is 2.12 bits per heavy atom. The Hall–Kier alpha value is -2.08. The number of rotatable bonds is 5. The van der Waals surface area contributed by atoms with E-state index in [1.54, 1.807) is 7.05 Å². The molecule has 6 heteroatoms. The molecule has 1 aromatic carbocycles. The summed E-state index contributed by atoms with van der Waals surface area (Å²) in [5.74, 6) is 1.74. The number of para-hydroxylation sites is 1. The maximum atomic E-state index is 12.0. The van der Waals surface area contributed by atoms with Gasteiger partial charge in [-0.2, -0.15) is 0 Å². The van der Waals surface area contributed by atoms with Gasteiger partial charge in [0.2, 0.25) is 5.91 Å². The Morgan fingerprint density at radius 3 is 2.92 bits per heavy atom. The maximum Gasteiger partial charge on any atom is 0.225 e. The van der Waals surface area contributed by atoms with Crippen LogP contribution >= 0.6 is 0 Å². The van der Waals surface area contributed by atoms with Gasteiger partial charge in [0, 0.05) is 44.7 Å². The molecule has 0 bridgehead atoms. The van der Waals surface area contributed by atoms with E-state index in [2.05, 4.69) is 38.8 Å². The maximum absolute atomic E-state index is 12.0. The van der Waals surface area contributed by atoms with Gasteiger partial charge in [-0.05, 0) is 43.5 Å². The lowest BCUT2D eigenvalue weighted by Gasteiger charge is -2.32. The van der Waals surface area contributed by atoms with Crippen molar-refractivity contribution in [3.05, 3.63) is 29.8 Å². The van der Waals surface area contributed by atoms with Crippen molar-refractivity contribution in [3.63, 3.8) is 0 Å². The molecule has 0 aliphatic carbocycles. The van der Waals surface area contributed by atoms with E-state index in [0.29, 0.717) is 18.9 Å². The number of anilines is 1. The van der Waals surface area contributed by atoms with Crippen molar-refractivity contribution in [2.75, 3.05) is 45.1 Å². The second kappa shape index (κ2) is 9.03. The van der Waals surface area contributed by atoms with Crippen LogP contribution in [-0.2, 0) is 4.79 Å². The fourth-order valence-corrected chi connectivity index (χ4v) is 3.97. The van der Waals surface area contributed by atoms with Crippen LogP contribution in [0.4, 0.5) is 5.69 Å². The van der Waals surface area contributed by atoms with Crippen molar-refractivity contribution < 1.29 is 4.79 Å². The first-order valence-corrected chi connectivity index (χ1v) is 9.75. The predicted octanol–water partition coefficient (Wildman–Crippen LogP) is 2.01. The monoisotopic (exact) mass is 357 g/mol. The minimum Gasteiger partial charge on any atom is -0.356 e. The van der Waals surface area contributed by atoms with Crippen LogP contribution in [0.15, 0.2) is 29.3 Å². The van der Waals surface area contributed by atoms with Gasteiger partial charge >= 0.3 is 0 Å². The second-order valence-corrected chi connectivity index (χ2v) is 7.27. The summed E-state index contributed by atoms with van der Waals surface area (Å²) in [4.78, 5) is 18.8. The first-order chi connectivity index (χ1) is 12.7. The van der Waals surface area contributed by atoms with Crippen LogP contribution in [0.2, 0.25) is 0 Å². The van der Waals surface area contributed by atoms with Crippen molar-refractivity contribution in [1.29, 1.82) is 0 Å². The van der Waals surface area contributed by atoms with E-state index >= 15 is 0 Å².